The maximum atomic E-state index is 13.2. The van der Waals surface area contributed by atoms with Crippen molar-refractivity contribution in [1.82, 2.24) is 0 Å². The minimum Gasteiger partial charge on any atom is -0.492 e. The third-order valence-electron chi connectivity index (χ3n) is 3.59. The topological polar surface area (TPSA) is 21.3 Å². The number of hydrogen-bond donors (Lipinski definition) is 1. The second kappa shape index (κ2) is 11.4. The molecule has 0 amide bonds. The van der Waals surface area contributed by atoms with E-state index in [2.05, 4.69) is 12.2 Å². The minimum atomic E-state index is -0.254. The fourth-order valence-corrected chi connectivity index (χ4v) is 2.40. The third-order valence-corrected chi connectivity index (χ3v) is 3.59. The molecule has 3 heteroatoms. The molecule has 0 aliphatic heterocycles. The van der Waals surface area contributed by atoms with Gasteiger partial charge < -0.3 is 10.1 Å². The van der Waals surface area contributed by atoms with Crippen LogP contribution in [0.15, 0.2) is 18.2 Å². The first-order chi connectivity index (χ1) is 10.3. The zero-order chi connectivity index (χ0) is 15.3. The van der Waals surface area contributed by atoms with E-state index in [4.69, 9.17) is 4.74 Å². The molecular weight excluding hydrogens is 265 g/mol. The van der Waals surface area contributed by atoms with Gasteiger partial charge in [0.15, 0.2) is 0 Å². The molecule has 0 radical (unpaired) electrons. The molecule has 0 saturated carbocycles. The highest BCUT2D eigenvalue weighted by Crippen LogP contribution is 2.25. The number of nitrogens with one attached hydrogen (secondary N) is 1. The number of benzene rings is 1. The average Bonchev–Trinajstić information content (AvgIpc) is 2.48. The molecule has 0 bridgehead atoms. The highest BCUT2D eigenvalue weighted by atomic mass is 19.1. The van der Waals surface area contributed by atoms with Crippen molar-refractivity contribution in [3.63, 3.8) is 0 Å². The van der Waals surface area contributed by atoms with Gasteiger partial charge in [-0.1, -0.05) is 51.9 Å². The zero-order valence-electron chi connectivity index (χ0n) is 13.6. The van der Waals surface area contributed by atoms with Crippen molar-refractivity contribution in [1.29, 1.82) is 0 Å². The molecule has 2 nitrogen and oxygen atoms in total. The quantitative estimate of drug-likeness (QED) is 0.494. The van der Waals surface area contributed by atoms with Gasteiger partial charge in [0.05, 0.1) is 12.3 Å². The van der Waals surface area contributed by atoms with Crippen molar-refractivity contribution in [3.8, 4) is 5.75 Å². The first-order valence-corrected chi connectivity index (χ1v) is 8.44. The first kappa shape index (κ1) is 17.8. The lowest BCUT2D eigenvalue weighted by molar-refractivity contribution is 0.339. The summed E-state index contributed by atoms with van der Waals surface area (Å²) < 4.78 is 18.6. The summed E-state index contributed by atoms with van der Waals surface area (Å²) in [5.41, 5.74) is 0.890. The molecule has 0 spiro atoms. The van der Waals surface area contributed by atoms with E-state index in [-0.39, 0.29) is 5.82 Å². The van der Waals surface area contributed by atoms with Gasteiger partial charge in [0, 0.05) is 12.6 Å². The van der Waals surface area contributed by atoms with E-state index < -0.39 is 0 Å². The highest BCUT2D eigenvalue weighted by molar-refractivity contribution is 5.56. The third kappa shape index (κ3) is 7.93. The van der Waals surface area contributed by atoms with Crippen molar-refractivity contribution in [2.75, 3.05) is 18.5 Å². The lowest BCUT2D eigenvalue weighted by atomic mass is 10.1. The van der Waals surface area contributed by atoms with Crippen LogP contribution >= 0.6 is 0 Å². The van der Waals surface area contributed by atoms with Crippen LogP contribution in [0.25, 0.3) is 0 Å². The Bertz CT molecular complexity index is 381. The van der Waals surface area contributed by atoms with Crippen LogP contribution in [-0.2, 0) is 0 Å². The van der Waals surface area contributed by atoms with Gasteiger partial charge in [-0.15, -0.1) is 0 Å². The Hall–Kier alpha value is -1.25. The van der Waals surface area contributed by atoms with Crippen molar-refractivity contribution >= 4 is 5.69 Å². The Morgan fingerprint density at radius 2 is 1.62 bits per heavy atom. The second-order valence-electron chi connectivity index (χ2n) is 5.48. The molecule has 21 heavy (non-hydrogen) atoms. The van der Waals surface area contributed by atoms with Crippen LogP contribution in [0, 0.1) is 5.82 Å². The molecular formula is C18H30FNO. The molecule has 0 fully saturated rings. The van der Waals surface area contributed by atoms with Crippen LogP contribution in [-0.4, -0.2) is 13.2 Å². The number of anilines is 1. The Morgan fingerprint density at radius 3 is 2.29 bits per heavy atom. The van der Waals surface area contributed by atoms with E-state index in [1.165, 1.54) is 57.1 Å². The van der Waals surface area contributed by atoms with Gasteiger partial charge in [0.1, 0.15) is 11.6 Å². The summed E-state index contributed by atoms with van der Waals surface area (Å²) in [6.45, 7) is 5.63. The van der Waals surface area contributed by atoms with Crippen molar-refractivity contribution in [3.05, 3.63) is 24.0 Å². The van der Waals surface area contributed by atoms with Gasteiger partial charge in [0.2, 0.25) is 0 Å². The Kier molecular flexibility index (Phi) is 9.68. The molecule has 0 heterocycles. The summed E-state index contributed by atoms with van der Waals surface area (Å²) >= 11 is 0. The fourth-order valence-electron chi connectivity index (χ4n) is 2.40. The summed E-state index contributed by atoms with van der Waals surface area (Å²) in [6.07, 6.45) is 10.5. The molecule has 1 aromatic rings. The van der Waals surface area contributed by atoms with Crippen LogP contribution in [0.5, 0.6) is 5.75 Å². The van der Waals surface area contributed by atoms with Gasteiger partial charge >= 0.3 is 0 Å². The summed E-state index contributed by atoms with van der Waals surface area (Å²) in [5.74, 6) is 0.355. The molecule has 0 aliphatic rings. The molecule has 1 N–H and O–H groups in total. The van der Waals surface area contributed by atoms with E-state index in [1.54, 1.807) is 6.07 Å². The maximum Gasteiger partial charge on any atom is 0.145 e. The Labute approximate surface area is 129 Å². The van der Waals surface area contributed by atoms with E-state index in [1.807, 2.05) is 6.92 Å². The normalized spacial score (nSPS) is 10.6. The van der Waals surface area contributed by atoms with Gasteiger partial charge in [-0.05, 0) is 25.5 Å². The molecule has 1 rings (SSSR count). The highest BCUT2D eigenvalue weighted by Gasteiger charge is 2.04. The van der Waals surface area contributed by atoms with Crippen molar-refractivity contribution in [2.24, 2.45) is 0 Å². The van der Waals surface area contributed by atoms with Crippen LogP contribution in [0.2, 0.25) is 0 Å². The van der Waals surface area contributed by atoms with Crippen molar-refractivity contribution in [2.45, 2.75) is 65.2 Å². The summed E-state index contributed by atoms with van der Waals surface area (Å²) in [7, 11) is 0. The fraction of sp³-hybridized carbons (Fsp3) is 0.667. The molecule has 0 unspecified atom stereocenters. The number of hydrogen-bond acceptors (Lipinski definition) is 2. The van der Waals surface area contributed by atoms with Gasteiger partial charge in [-0.3, -0.25) is 0 Å². The molecule has 1 aromatic carbocycles. The lowest BCUT2D eigenvalue weighted by Gasteiger charge is -2.12. The predicted molar refractivity (Wildman–Crippen MR) is 88.7 cm³/mol. The van der Waals surface area contributed by atoms with Crippen LogP contribution < -0.4 is 10.1 Å². The van der Waals surface area contributed by atoms with E-state index in [0.29, 0.717) is 12.4 Å². The summed E-state index contributed by atoms with van der Waals surface area (Å²) in [6, 6.07) is 4.67. The van der Waals surface area contributed by atoms with Gasteiger partial charge in [-0.2, -0.15) is 0 Å². The second-order valence-corrected chi connectivity index (χ2v) is 5.48. The Balaban J connectivity index is 2.15. The molecule has 0 atom stereocenters. The number of halogens is 1. The monoisotopic (exact) mass is 295 g/mol. The molecule has 0 saturated heterocycles. The largest absolute Gasteiger partial charge is 0.492 e. The summed E-state index contributed by atoms with van der Waals surface area (Å²) in [4.78, 5) is 0. The average molecular weight is 295 g/mol. The van der Waals surface area contributed by atoms with Crippen molar-refractivity contribution < 1.29 is 9.13 Å². The minimum absolute atomic E-state index is 0.254. The van der Waals surface area contributed by atoms with E-state index >= 15 is 0 Å². The lowest BCUT2D eigenvalue weighted by Crippen LogP contribution is -2.04. The zero-order valence-corrected chi connectivity index (χ0v) is 13.6. The number of unbranched alkanes of at least 4 members (excludes halogenated alkanes) is 7. The standard InChI is InChI=1S/C18H30FNO/c1-3-5-6-7-8-9-10-11-14-20-17-13-12-16(19)15-18(17)21-4-2/h12-13,15,20H,3-11,14H2,1-2H3. The van der Waals surface area contributed by atoms with Crippen LogP contribution in [0.1, 0.15) is 65.2 Å². The summed E-state index contributed by atoms with van der Waals surface area (Å²) in [5, 5.41) is 3.34. The smallest absolute Gasteiger partial charge is 0.145 e. The van der Waals surface area contributed by atoms with Crippen LogP contribution in [0.3, 0.4) is 0 Å². The molecule has 0 aromatic heterocycles. The Morgan fingerprint density at radius 1 is 0.952 bits per heavy atom. The number of rotatable bonds is 12. The molecule has 120 valence electrons. The number of ether oxygens (including phenoxy) is 1. The first-order valence-electron chi connectivity index (χ1n) is 8.44. The molecule has 0 aliphatic carbocycles. The predicted octanol–water partition coefficient (Wildman–Crippen LogP) is 5.78. The van der Waals surface area contributed by atoms with E-state index in [0.717, 1.165) is 18.7 Å². The van der Waals surface area contributed by atoms with Crippen LogP contribution in [0.4, 0.5) is 10.1 Å². The van der Waals surface area contributed by atoms with E-state index in [9.17, 15) is 4.39 Å². The van der Waals surface area contributed by atoms with Gasteiger partial charge in [0.25, 0.3) is 0 Å². The maximum absolute atomic E-state index is 13.2. The SMILES string of the molecule is CCCCCCCCCCNc1ccc(F)cc1OCC. The van der Waals surface area contributed by atoms with Gasteiger partial charge in [-0.25, -0.2) is 4.39 Å².